The first-order valence-corrected chi connectivity index (χ1v) is 9.13. The Balaban J connectivity index is -0.0000000568. The van der Waals surface area contributed by atoms with Crippen LogP contribution in [0.4, 0.5) is 0 Å². The Labute approximate surface area is 239 Å². The summed E-state index contributed by atoms with van der Waals surface area (Å²) < 4.78 is 0. The Hall–Kier alpha value is -3.92. The molecule has 0 atom stereocenters. The summed E-state index contributed by atoms with van der Waals surface area (Å²) in [6.07, 6.45) is 0. The van der Waals surface area contributed by atoms with E-state index in [-0.39, 0.29) is 47.3 Å². The van der Waals surface area contributed by atoms with Gasteiger partial charge in [-0.05, 0) is 27.7 Å². The molecular weight excluding hydrogens is 602 g/mol. The second-order valence-electron chi connectivity index (χ2n) is 5.41. The number of hydrogen-bond donors (Lipinski definition) is 1. The minimum absolute atomic E-state index is 0. The van der Waals surface area contributed by atoms with E-state index in [9.17, 15) is 19.2 Å². The van der Waals surface area contributed by atoms with Crippen LogP contribution < -0.4 is 26.6 Å². The van der Waals surface area contributed by atoms with Crippen LogP contribution in [0.5, 0.6) is 0 Å². The van der Waals surface area contributed by atoms with Crippen LogP contribution in [0.2, 0.25) is 0 Å². The molecule has 0 aromatic heterocycles. The minimum atomic E-state index is -1.08. The maximum atomic E-state index is 10.8. The van der Waals surface area contributed by atoms with Crippen LogP contribution in [-0.4, -0.2) is 82.2 Å². The third kappa shape index (κ3) is 128. The van der Waals surface area contributed by atoms with Gasteiger partial charge in [-0.3, -0.25) is 19.2 Å². The quantitative estimate of drug-likeness (QED) is 0.200. The molecule has 22 heteroatoms. The number of rotatable bonds is 7. The van der Waals surface area contributed by atoms with Crippen molar-refractivity contribution in [3.63, 3.8) is 0 Å². The molecule has 8 N–H and O–H groups in total. The van der Waals surface area contributed by atoms with Crippen LogP contribution in [-0.2, 0) is 74.8 Å². The van der Waals surface area contributed by atoms with Gasteiger partial charge in [-0.2, -0.15) is 0 Å². The molecule has 0 unspecified atom stereocenters. The van der Waals surface area contributed by atoms with Crippen molar-refractivity contribution in [2.45, 2.75) is 55.4 Å². The fraction of sp³-hybridized carbons (Fsp3) is 0.556. The van der Waals surface area contributed by atoms with Crippen molar-refractivity contribution in [3.05, 3.63) is 0 Å². The zero-order chi connectivity index (χ0) is 30.0. The SMILES string of the molecule is CC(=O)ON(CCN(OC(C)=O)OC(C)=O)OC(C)=O.CC(=O)[O-].CC(=O)[O-].CC(=O)[O-].CC(=O)[O-].O.O.[Fe+3].[NH4+]. The first-order chi connectivity index (χ1) is 16.1. The van der Waals surface area contributed by atoms with Gasteiger partial charge in [0.25, 0.3) is 0 Å². The van der Waals surface area contributed by atoms with E-state index in [4.69, 9.17) is 39.6 Å². The van der Waals surface area contributed by atoms with Crippen LogP contribution in [0.25, 0.3) is 0 Å². The molecule has 0 aromatic rings. The van der Waals surface area contributed by atoms with E-state index in [2.05, 4.69) is 19.4 Å². The van der Waals surface area contributed by atoms with Gasteiger partial charge in [-0.15, -0.1) is 0 Å². The third-order valence-electron chi connectivity index (χ3n) is 1.39. The third-order valence-corrected chi connectivity index (χ3v) is 1.39. The van der Waals surface area contributed by atoms with Crippen LogP contribution in [0.15, 0.2) is 0 Å². The zero-order valence-electron chi connectivity index (χ0n) is 23.2. The van der Waals surface area contributed by atoms with Crippen molar-refractivity contribution >= 4 is 47.8 Å². The standard InChI is InChI=1S/C10H16N2O8.4C2H4O2.Fe.H3N.2H2O/c1-7(13)17-11(18-8(2)14)5-6-12(19-9(3)15)20-10(4)16;4*1-2(3)4;;;;/h5-6H2,1-4H3;4*1H3,(H,3,4);;1H3;2*1H2/q;;;;;+3;;;/p-3. The van der Waals surface area contributed by atoms with Crippen LogP contribution in [0.3, 0.4) is 0 Å². The average Bonchev–Trinajstić information content (AvgIpc) is 2.55. The van der Waals surface area contributed by atoms with Gasteiger partial charge in [0.15, 0.2) is 0 Å². The molecule has 0 aliphatic rings. The molecule has 0 bridgehead atoms. The number of carboxylic acids is 4. The molecule has 0 saturated heterocycles. The summed E-state index contributed by atoms with van der Waals surface area (Å²) in [7, 11) is 0. The van der Waals surface area contributed by atoms with E-state index in [0.717, 1.165) is 55.4 Å². The van der Waals surface area contributed by atoms with E-state index in [0.29, 0.717) is 10.5 Å². The Kier molecular flexibility index (Phi) is 59.9. The summed E-state index contributed by atoms with van der Waals surface area (Å²) in [5, 5.41) is 36.7. The van der Waals surface area contributed by atoms with E-state index < -0.39 is 47.8 Å². The van der Waals surface area contributed by atoms with Gasteiger partial charge in [0.05, 0.1) is 13.1 Å². The van der Waals surface area contributed by atoms with Crippen molar-refractivity contribution in [1.29, 1.82) is 0 Å². The molecule has 0 rings (SSSR count). The van der Waals surface area contributed by atoms with Crippen molar-refractivity contribution in [2.24, 2.45) is 0 Å². The van der Waals surface area contributed by atoms with Crippen LogP contribution in [0.1, 0.15) is 55.4 Å². The Bertz CT molecular complexity index is 603. The van der Waals surface area contributed by atoms with Crippen molar-refractivity contribution in [2.75, 3.05) is 13.1 Å². The van der Waals surface area contributed by atoms with Gasteiger partial charge < -0.3 is 76.1 Å². The van der Waals surface area contributed by atoms with Crippen LogP contribution >= 0.6 is 0 Å². The van der Waals surface area contributed by atoms with Gasteiger partial charge in [0.2, 0.25) is 0 Å². The number of hydroxylamine groups is 4. The Morgan fingerprint density at radius 2 is 0.550 bits per heavy atom. The van der Waals surface area contributed by atoms with E-state index in [1.807, 2.05) is 0 Å². The van der Waals surface area contributed by atoms with Gasteiger partial charge >= 0.3 is 40.9 Å². The predicted octanol–water partition coefficient (Wildman–Crippen LogP) is -6.75. The molecule has 1 radical (unpaired) electrons. The van der Waals surface area contributed by atoms with E-state index >= 15 is 0 Å². The van der Waals surface area contributed by atoms with Crippen molar-refractivity contribution < 1.29 is 106 Å². The normalized spacial score (nSPS) is 7.55. The van der Waals surface area contributed by atoms with Gasteiger partial charge in [0.1, 0.15) is 0 Å². The second-order valence-corrected chi connectivity index (χ2v) is 5.41. The van der Waals surface area contributed by atoms with E-state index in [1.54, 1.807) is 0 Å². The number of aliphatic carboxylic acids is 4. The molecule has 0 spiro atoms. The topological polar surface area (TPSA) is 372 Å². The molecular formula is C18H36FeN3O18. The maximum Gasteiger partial charge on any atom is 3.00 e. The Morgan fingerprint density at radius 1 is 0.450 bits per heavy atom. The number of carbonyl (C=O) groups is 8. The minimum Gasteiger partial charge on any atom is -0.550 e. The zero-order valence-corrected chi connectivity index (χ0v) is 24.3. The molecule has 0 aromatic carbocycles. The summed E-state index contributed by atoms with van der Waals surface area (Å²) in [5.74, 6) is -7.23. The number of carboxylic acid groups (broad SMARTS) is 4. The van der Waals surface area contributed by atoms with Crippen molar-refractivity contribution in [1.82, 2.24) is 16.6 Å². The first kappa shape index (κ1) is 60.5. The summed E-state index contributed by atoms with van der Waals surface area (Å²) in [5.41, 5.74) is 0. The van der Waals surface area contributed by atoms with Gasteiger partial charge in [-0.25, -0.2) is 0 Å². The van der Waals surface area contributed by atoms with E-state index in [1.165, 1.54) is 0 Å². The number of hydrogen-bond acceptors (Lipinski definition) is 18. The molecule has 0 amide bonds. The molecule has 0 fully saturated rings. The molecule has 0 aliphatic carbocycles. The fourth-order valence-corrected chi connectivity index (χ4v) is 0.957. The number of carbonyl (C=O) groups excluding carboxylic acids is 8. The smallest absolute Gasteiger partial charge is 0.550 e. The second kappa shape index (κ2) is 39.6. The first-order valence-electron chi connectivity index (χ1n) is 9.13. The monoisotopic (exact) mass is 638 g/mol. The fourth-order valence-electron chi connectivity index (χ4n) is 0.957. The van der Waals surface area contributed by atoms with Crippen LogP contribution in [0, 0.1) is 0 Å². The largest absolute Gasteiger partial charge is 3.00 e. The summed E-state index contributed by atoms with van der Waals surface area (Å²) >= 11 is 0. The summed E-state index contributed by atoms with van der Waals surface area (Å²) in [4.78, 5) is 97.0. The number of quaternary nitrogens is 1. The molecule has 40 heavy (non-hydrogen) atoms. The molecule has 21 nitrogen and oxygen atoms in total. The summed E-state index contributed by atoms with van der Waals surface area (Å²) in [6.45, 7) is 7.86. The summed E-state index contributed by atoms with van der Waals surface area (Å²) in [6, 6.07) is 0. The van der Waals surface area contributed by atoms with Gasteiger partial charge in [0, 0.05) is 62.0 Å². The van der Waals surface area contributed by atoms with Gasteiger partial charge in [-0.1, -0.05) is 0 Å². The average molecular weight is 638 g/mol. The molecule has 0 aliphatic heterocycles. The Morgan fingerprint density at radius 3 is 0.625 bits per heavy atom. The maximum absolute atomic E-state index is 10.8. The predicted molar refractivity (Wildman–Crippen MR) is 116 cm³/mol. The number of nitrogens with zero attached hydrogens (tertiary/aromatic N) is 2. The van der Waals surface area contributed by atoms with Crippen molar-refractivity contribution in [3.8, 4) is 0 Å². The molecule has 0 heterocycles. The molecule has 239 valence electrons. The molecule has 0 saturated carbocycles.